The van der Waals surface area contributed by atoms with Crippen LogP contribution in [0.1, 0.15) is 12.0 Å². The van der Waals surface area contributed by atoms with Gasteiger partial charge in [0.15, 0.2) is 18.1 Å². The van der Waals surface area contributed by atoms with Crippen LogP contribution in [0.5, 0.6) is 11.5 Å². The molecule has 1 aromatic carbocycles. The van der Waals surface area contributed by atoms with Crippen LogP contribution in [0.25, 0.3) is 0 Å². The first-order chi connectivity index (χ1) is 12.9. The molecule has 6 nitrogen and oxygen atoms in total. The highest BCUT2D eigenvalue weighted by Gasteiger charge is 2.30. The van der Waals surface area contributed by atoms with Gasteiger partial charge in [-0.3, -0.25) is 4.79 Å². The zero-order valence-electron chi connectivity index (χ0n) is 14.7. The topological polar surface area (TPSA) is 72.5 Å². The lowest BCUT2D eigenvalue weighted by Crippen LogP contribution is -2.30. The van der Waals surface area contributed by atoms with Gasteiger partial charge in [-0.15, -0.1) is 0 Å². The number of aromatic nitrogens is 1. The molecule has 0 saturated carbocycles. The molecule has 0 spiro atoms. The van der Waals surface area contributed by atoms with Gasteiger partial charge in [-0.1, -0.05) is 12.1 Å². The van der Waals surface area contributed by atoms with Crippen molar-refractivity contribution in [2.24, 2.45) is 0 Å². The molecular weight excluding hydrogens is 363 g/mol. The fraction of sp³-hybridized carbons (Fsp3) is 0.333. The minimum absolute atomic E-state index is 0.145. The third-order valence-electron chi connectivity index (χ3n) is 3.50. The number of ether oxygens (including phenoxy) is 2. The SMILES string of the molecule is COc1ccccc1OCC(=O)NCCCNc1ccc(C(F)(F)F)cn1. The van der Waals surface area contributed by atoms with E-state index in [4.69, 9.17) is 9.47 Å². The number of carbonyl (C=O) groups is 1. The number of nitrogens with zero attached hydrogens (tertiary/aromatic N) is 1. The number of pyridine rings is 1. The number of alkyl halides is 3. The predicted octanol–water partition coefficient (Wildman–Crippen LogP) is 3.11. The van der Waals surface area contributed by atoms with Crippen LogP contribution in [-0.2, 0) is 11.0 Å². The molecule has 0 aliphatic rings. The molecule has 0 aliphatic carbocycles. The fourth-order valence-corrected chi connectivity index (χ4v) is 2.13. The highest BCUT2D eigenvalue weighted by molar-refractivity contribution is 5.77. The summed E-state index contributed by atoms with van der Waals surface area (Å²) in [6.45, 7) is 0.696. The van der Waals surface area contributed by atoms with Crippen molar-refractivity contribution in [3.63, 3.8) is 0 Å². The second-order valence-corrected chi connectivity index (χ2v) is 5.50. The quantitative estimate of drug-likeness (QED) is 0.651. The van der Waals surface area contributed by atoms with Crippen LogP contribution < -0.4 is 20.1 Å². The summed E-state index contributed by atoms with van der Waals surface area (Å²) in [4.78, 5) is 15.5. The molecule has 0 atom stereocenters. The van der Waals surface area contributed by atoms with Gasteiger partial charge >= 0.3 is 6.18 Å². The molecule has 2 aromatic rings. The van der Waals surface area contributed by atoms with Gasteiger partial charge in [-0.05, 0) is 30.7 Å². The number of nitrogens with one attached hydrogen (secondary N) is 2. The molecule has 2 N–H and O–H groups in total. The van der Waals surface area contributed by atoms with Gasteiger partial charge in [0.05, 0.1) is 12.7 Å². The number of anilines is 1. The smallest absolute Gasteiger partial charge is 0.417 e. The lowest BCUT2D eigenvalue weighted by atomic mass is 10.3. The Morgan fingerprint density at radius 3 is 2.48 bits per heavy atom. The van der Waals surface area contributed by atoms with Crippen LogP contribution >= 0.6 is 0 Å². The van der Waals surface area contributed by atoms with Crippen molar-refractivity contribution >= 4 is 11.7 Å². The van der Waals surface area contributed by atoms with E-state index >= 15 is 0 Å². The van der Waals surface area contributed by atoms with Crippen molar-refractivity contribution in [3.8, 4) is 11.5 Å². The van der Waals surface area contributed by atoms with Crippen molar-refractivity contribution in [1.82, 2.24) is 10.3 Å². The standard InChI is InChI=1S/C18H20F3N3O3/c1-26-14-5-2-3-6-15(14)27-12-17(25)23-10-4-9-22-16-8-7-13(11-24-16)18(19,20)21/h2-3,5-8,11H,4,9-10,12H2,1H3,(H,22,24)(H,23,25). The molecule has 1 amide bonds. The molecular formula is C18H20F3N3O3. The monoisotopic (exact) mass is 383 g/mol. The van der Waals surface area contributed by atoms with Crippen molar-refractivity contribution in [1.29, 1.82) is 0 Å². The molecule has 1 heterocycles. The Hall–Kier alpha value is -2.97. The number of benzene rings is 1. The Bertz CT molecular complexity index is 737. The first kappa shape index (κ1) is 20.3. The lowest BCUT2D eigenvalue weighted by molar-refractivity contribution is -0.137. The van der Waals surface area contributed by atoms with Crippen LogP contribution in [0.3, 0.4) is 0 Å². The Kier molecular flexibility index (Phi) is 7.27. The Labute approximate surface area is 154 Å². The van der Waals surface area contributed by atoms with Gasteiger partial charge in [0.1, 0.15) is 5.82 Å². The first-order valence-electron chi connectivity index (χ1n) is 8.20. The maximum absolute atomic E-state index is 12.4. The number of methoxy groups -OCH3 is 1. The third kappa shape index (κ3) is 6.69. The minimum Gasteiger partial charge on any atom is -0.493 e. The van der Waals surface area contributed by atoms with Crippen LogP contribution in [0.4, 0.5) is 19.0 Å². The van der Waals surface area contributed by atoms with E-state index in [1.165, 1.54) is 13.2 Å². The van der Waals surface area contributed by atoms with E-state index in [1.54, 1.807) is 24.3 Å². The fourth-order valence-electron chi connectivity index (χ4n) is 2.13. The lowest BCUT2D eigenvalue weighted by Gasteiger charge is -2.11. The molecule has 0 radical (unpaired) electrons. The van der Waals surface area contributed by atoms with Gasteiger partial charge in [0, 0.05) is 19.3 Å². The van der Waals surface area contributed by atoms with Crippen molar-refractivity contribution in [2.75, 3.05) is 32.1 Å². The number of para-hydroxylation sites is 2. The Morgan fingerprint density at radius 1 is 1.11 bits per heavy atom. The van der Waals surface area contributed by atoms with Gasteiger partial charge in [-0.25, -0.2) is 4.98 Å². The molecule has 0 fully saturated rings. The van der Waals surface area contributed by atoms with Crippen molar-refractivity contribution in [3.05, 3.63) is 48.2 Å². The summed E-state index contributed by atoms with van der Waals surface area (Å²) >= 11 is 0. The molecule has 27 heavy (non-hydrogen) atoms. The number of hydrogen-bond acceptors (Lipinski definition) is 5. The highest BCUT2D eigenvalue weighted by Crippen LogP contribution is 2.28. The number of carbonyl (C=O) groups excluding carboxylic acids is 1. The van der Waals surface area contributed by atoms with E-state index < -0.39 is 11.7 Å². The van der Waals surface area contributed by atoms with Crippen LogP contribution in [0.2, 0.25) is 0 Å². The van der Waals surface area contributed by atoms with Crippen LogP contribution in [0.15, 0.2) is 42.6 Å². The Balaban J connectivity index is 1.63. The maximum Gasteiger partial charge on any atom is 0.417 e. The third-order valence-corrected chi connectivity index (χ3v) is 3.50. The highest BCUT2D eigenvalue weighted by atomic mass is 19.4. The molecule has 2 rings (SSSR count). The van der Waals surface area contributed by atoms with E-state index in [0.717, 1.165) is 12.3 Å². The minimum atomic E-state index is -4.40. The molecule has 0 aliphatic heterocycles. The molecule has 0 bridgehead atoms. The zero-order valence-corrected chi connectivity index (χ0v) is 14.7. The molecule has 1 aromatic heterocycles. The summed E-state index contributed by atoms with van der Waals surface area (Å²) in [6, 6.07) is 9.23. The van der Waals surface area contributed by atoms with Gasteiger partial charge < -0.3 is 20.1 Å². The van der Waals surface area contributed by atoms with E-state index in [9.17, 15) is 18.0 Å². The van der Waals surface area contributed by atoms with Gasteiger partial charge in [0.25, 0.3) is 5.91 Å². The van der Waals surface area contributed by atoms with Gasteiger partial charge in [-0.2, -0.15) is 13.2 Å². The summed E-state index contributed by atoms with van der Waals surface area (Å²) in [5.74, 6) is 1.08. The first-order valence-corrected chi connectivity index (χ1v) is 8.20. The number of rotatable bonds is 9. The van der Waals surface area contributed by atoms with Crippen LogP contribution in [0, 0.1) is 0 Å². The molecule has 0 saturated heterocycles. The van der Waals surface area contributed by atoms with E-state index in [0.29, 0.717) is 36.8 Å². The summed E-state index contributed by atoms with van der Waals surface area (Å²) in [5.41, 5.74) is -0.796. The zero-order chi connectivity index (χ0) is 19.7. The number of amides is 1. The largest absolute Gasteiger partial charge is 0.493 e. The second-order valence-electron chi connectivity index (χ2n) is 5.50. The van der Waals surface area contributed by atoms with Crippen molar-refractivity contribution < 1.29 is 27.4 Å². The summed E-state index contributed by atoms with van der Waals surface area (Å²) < 4.78 is 47.9. The Morgan fingerprint density at radius 2 is 1.85 bits per heavy atom. The molecule has 9 heteroatoms. The molecule has 146 valence electrons. The summed E-state index contributed by atoms with van der Waals surface area (Å²) in [7, 11) is 1.51. The maximum atomic E-state index is 12.4. The van der Waals surface area contributed by atoms with E-state index in [2.05, 4.69) is 15.6 Å². The second kappa shape index (κ2) is 9.65. The van der Waals surface area contributed by atoms with Gasteiger partial charge in [0.2, 0.25) is 0 Å². The van der Waals surface area contributed by atoms with Crippen molar-refractivity contribution in [2.45, 2.75) is 12.6 Å². The van der Waals surface area contributed by atoms with E-state index in [-0.39, 0.29) is 12.5 Å². The summed E-state index contributed by atoms with van der Waals surface area (Å²) in [5, 5.41) is 5.58. The molecule has 0 unspecified atom stereocenters. The van der Waals surface area contributed by atoms with Crippen LogP contribution in [-0.4, -0.2) is 37.7 Å². The average molecular weight is 383 g/mol. The number of halogens is 3. The normalized spacial score (nSPS) is 11.0. The predicted molar refractivity (Wildman–Crippen MR) is 93.8 cm³/mol. The summed E-state index contributed by atoms with van der Waals surface area (Å²) in [6.07, 6.45) is -3.05. The average Bonchev–Trinajstić information content (AvgIpc) is 2.66. The number of hydrogen-bond donors (Lipinski definition) is 2. The van der Waals surface area contributed by atoms with E-state index in [1.807, 2.05) is 0 Å².